The van der Waals surface area contributed by atoms with Gasteiger partial charge in [-0.2, -0.15) is 8.78 Å². The summed E-state index contributed by atoms with van der Waals surface area (Å²) in [7, 11) is 1.56. The van der Waals surface area contributed by atoms with Crippen molar-refractivity contribution in [1.29, 1.82) is 0 Å². The van der Waals surface area contributed by atoms with E-state index in [4.69, 9.17) is 9.47 Å². The number of alkyl halides is 2. The van der Waals surface area contributed by atoms with Crippen LogP contribution in [-0.2, 0) is 4.79 Å². The molecule has 0 aliphatic rings. The molecule has 0 aliphatic carbocycles. The van der Waals surface area contributed by atoms with E-state index in [1.807, 2.05) is 13.0 Å². The van der Waals surface area contributed by atoms with Crippen molar-refractivity contribution in [3.63, 3.8) is 0 Å². The van der Waals surface area contributed by atoms with Crippen LogP contribution in [0.4, 0.5) is 14.5 Å². The van der Waals surface area contributed by atoms with Crippen LogP contribution in [0.1, 0.15) is 5.69 Å². The number of nitrogens with zero attached hydrogens (tertiary/aromatic N) is 1. The van der Waals surface area contributed by atoms with Crippen molar-refractivity contribution < 1.29 is 27.8 Å². The first kappa shape index (κ1) is 19.3. The lowest BCUT2D eigenvalue weighted by Gasteiger charge is -2.12. The van der Waals surface area contributed by atoms with Gasteiger partial charge in [0, 0.05) is 22.8 Å². The van der Waals surface area contributed by atoms with Gasteiger partial charge in [0.05, 0.1) is 12.6 Å². The highest BCUT2D eigenvalue weighted by Crippen LogP contribution is 2.29. The molecule has 146 valence electrons. The third-order valence-electron chi connectivity index (χ3n) is 3.83. The van der Waals surface area contributed by atoms with E-state index in [-0.39, 0.29) is 12.4 Å². The Morgan fingerprint density at radius 3 is 2.50 bits per heavy atom. The summed E-state index contributed by atoms with van der Waals surface area (Å²) in [5.74, 6) is 0.778. The van der Waals surface area contributed by atoms with Gasteiger partial charge < -0.3 is 19.5 Å². The summed E-state index contributed by atoms with van der Waals surface area (Å²) >= 11 is 0. The van der Waals surface area contributed by atoms with Crippen molar-refractivity contribution in [2.45, 2.75) is 13.5 Å². The average molecular weight is 388 g/mol. The maximum Gasteiger partial charge on any atom is 0.387 e. The van der Waals surface area contributed by atoms with Crippen LogP contribution >= 0.6 is 0 Å². The molecule has 8 heteroatoms. The topological polar surface area (TPSA) is 69.7 Å². The number of nitrogens with one attached hydrogen (secondary N) is 1. The van der Waals surface area contributed by atoms with Crippen LogP contribution < -0.4 is 19.5 Å². The zero-order valence-corrected chi connectivity index (χ0v) is 15.2. The molecule has 0 fully saturated rings. The Bertz CT molecular complexity index is 978. The van der Waals surface area contributed by atoms with Gasteiger partial charge in [0.1, 0.15) is 17.2 Å². The quantitative estimate of drug-likeness (QED) is 0.658. The molecule has 0 atom stereocenters. The lowest BCUT2D eigenvalue weighted by Crippen LogP contribution is -2.20. The summed E-state index contributed by atoms with van der Waals surface area (Å²) in [5, 5.41) is 3.36. The summed E-state index contributed by atoms with van der Waals surface area (Å²) in [5.41, 5.74) is 1.92. The van der Waals surface area contributed by atoms with E-state index >= 15 is 0 Å². The molecule has 0 radical (unpaired) electrons. The Hall–Kier alpha value is -3.42. The third-order valence-corrected chi connectivity index (χ3v) is 3.83. The molecule has 2 aromatic carbocycles. The number of carbonyl (C=O) groups excluding carboxylic acids is 1. The molecule has 0 saturated heterocycles. The molecule has 0 aliphatic heterocycles. The Morgan fingerprint density at radius 2 is 1.82 bits per heavy atom. The number of pyridine rings is 1. The summed E-state index contributed by atoms with van der Waals surface area (Å²) in [6.45, 7) is -1.30. The summed E-state index contributed by atoms with van der Waals surface area (Å²) in [6, 6.07) is 12.8. The van der Waals surface area contributed by atoms with Gasteiger partial charge in [0.2, 0.25) is 0 Å². The van der Waals surface area contributed by atoms with Gasteiger partial charge in [-0.3, -0.25) is 9.78 Å². The fourth-order valence-corrected chi connectivity index (χ4v) is 2.61. The van der Waals surface area contributed by atoms with Gasteiger partial charge >= 0.3 is 6.61 Å². The summed E-state index contributed by atoms with van der Waals surface area (Å²) < 4.78 is 39.5. The van der Waals surface area contributed by atoms with Crippen molar-refractivity contribution >= 4 is 22.5 Å². The molecule has 0 bridgehead atoms. The van der Waals surface area contributed by atoms with Gasteiger partial charge in [0.25, 0.3) is 5.91 Å². The van der Waals surface area contributed by atoms with E-state index in [0.717, 1.165) is 16.6 Å². The van der Waals surface area contributed by atoms with E-state index < -0.39 is 12.5 Å². The van der Waals surface area contributed by atoms with Crippen molar-refractivity contribution in [2.24, 2.45) is 0 Å². The van der Waals surface area contributed by atoms with E-state index in [2.05, 4.69) is 15.0 Å². The zero-order chi connectivity index (χ0) is 20.1. The number of fused-ring (bicyclic) bond motifs is 1. The minimum Gasteiger partial charge on any atom is -0.497 e. The Balaban J connectivity index is 1.67. The van der Waals surface area contributed by atoms with Crippen LogP contribution in [0.15, 0.2) is 48.5 Å². The number of hydrogen-bond donors (Lipinski definition) is 1. The molecular weight excluding hydrogens is 370 g/mol. The zero-order valence-electron chi connectivity index (χ0n) is 15.2. The van der Waals surface area contributed by atoms with Crippen LogP contribution in [0.2, 0.25) is 0 Å². The first-order valence-electron chi connectivity index (χ1n) is 8.37. The van der Waals surface area contributed by atoms with E-state index in [1.54, 1.807) is 25.3 Å². The predicted molar refractivity (Wildman–Crippen MR) is 100 cm³/mol. The van der Waals surface area contributed by atoms with Crippen LogP contribution in [0.5, 0.6) is 17.2 Å². The number of benzene rings is 2. The second kappa shape index (κ2) is 8.51. The molecular formula is C20H18F2N2O4. The number of amides is 1. The van der Waals surface area contributed by atoms with Gasteiger partial charge in [-0.25, -0.2) is 0 Å². The molecule has 0 saturated carbocycles. The van der Waals surface area contributed by atoms with E-state index in [0.29, 0.717) is 17.2 Å². The van der Waals surface area contributed by atoms with Gasteiger partial charge in [-0.05, 0) is 49.4 Å². The van der Waals surface area contributed by atoms with E-state index in [1.165, 1.54) is 24.3 Å². The van der Waals surface area contributed by atoms with Crippen molar-refractivity contribution in [1.82, 2.24) is 4.98 Å². The number of aryl methyl sites for hydroxylation is 1. The molecule has 6 nitrogen and oxygen atoms in total. The summed E-state index contributed by atoms with van der Waals surface area (Å²) in [4.78, 5) is 16.6. The average Bonchev–Trinajstić information content (AvgIpc) is 2.67. The largest absolute Gasteiger partial charge is 0.497 e. The Morgan fingerprint density at radius 1 is 1.11 bits per heavy atom. The predicted octanol–water partition coefficient (Wildman–Crippen LogP) is 4.17. The minimum atomic E-state index is -2.90. The molecule has 1 N–H and O–H groups in total. The van der Waals surface area contributed by atoms with Crippen molar-refractivity contribution in [3.8, 4) is 17.2 Å². The van der Waals surface area contributed by atoms with Gasteiger partial charge in [-0.15, -0.1) is 0 Å². The SMILES string of the molecule is COc1ccc2nc(C)cc(OCC(=O)Nc3ccc(OC(F)F)cc3)c2c1. The Kier molecular flexibility index (Phi) is 5.88. The second-order valence-electron chi connectivity index (χ2n) is 5.88. The molecule has 3 aromatic rings. The molecule has 3 rings (SSSR count). The van der Waals surface area contributed by atoms with Gasteiger partial charge in [0.15, 0.2) is 6.61 Å². The molecule has 28 heavy (non-hydrogen) atoms. The molecule has 0 unspecified atom stereocenters. The summed E-state index contributed by atoms with van der Waals surface area (Å²) in [6.07, 6.45) is 0. The first-order chi connectivity index (χ1) is 13.4. The number of anilines is 1. The lowest BCUT2D eigenvalue weighted by molar-refractivity contribution is -0.118. The van der Waals surface area contributed by atoms with Crippen molar-refractivity contribution in [2.75, 3.05) is 19.0 Å². The number of ether oxygens (including phenoxy) is 3. The van der Waals surface area contributed by atoms with Crippen LogP contribution in [0.25, 0.3) is 10.9 Å². The highest BCUT2D eigenvalue weighted by Gasteiger charge is 2.10. The number of halogens is 2. The highest BCUT2D eigenvalue weighted by molar-refractivity contribution is 5.92. The van der Waals surface area contributed by atoms with Crippen LogP contribution in [0, 0.1) is 6.92 Å². The minimum absolute atomic E-state index is 0.0110. The number of methoxy groups -OCH3 is 1. The fourth-order valence-electron chi connectivity index (χ4n) is 2.61. The number of carbonyl (C=O) groups is 1. The molecule has 1 aromatic heterocycles. The molecule has 0 spiro atoms. The fraction of sp³-hybridized carbons (Fsp3) is 0.200. The van der Waals surface area contributed by atoms with Gasteiger partial charge in [-0.1, -0.05) is 0 Å². The standard InChI is InChI=1S/C20H18F2N2O4/c1-12-9-18(16-10-15(26-2)7-8-17(16)23-12)27-11-19(25)24-13-3-5-14(6-4-13)28-20(21)22/h3-10,20H,11H2,1-2H3,(H,24,25). The maximum atomic E-state index is 12.2. The molecule has 1 amide bonds. The van der Waals surface area contributed by atoms with Crippen LogP contribution in [-0.4, -0.2) is 31.2 Å². The maximum absolute atomic E-state index is 12.2. The smallest absolute Gasteiger partial charge is 0.387 e. The first-order valence-corrected chi connectivity index (χ1v) is 8.37. The third kappa shape index (κ3) is 4.85. The van der Waals surface area contributed by atoms with E-state index in [9.17, 15) is 13.6 Å². The lowest BCUT2D eigenvalue weighted by atomic mass is 10.1. The van der Waals surface area contributed by atoms with Crippen molar-refractivity contribution in [3.05, 3.63) is 54.2 Å². The number of rotatable bonds is 7. The highest BCUT2D eigenvalue weighted by atomic mass is 19.3. The number of aromatic nitrogens is 1. The Labute approximate surface area is 160 Å². The van der Waals surface area contributed by atoms with Crippen LogP contribution in [0.3, 0.4) is 0 Å². The second-order valence-corrected chi connectivity index (χ2v) is 5.88. The number of hydrogen-bond acceptors (Lipinski definition) is 5. The molecule has 1 heterocycles. The monoisotopic (exact) mass is 388 g/mol. The normalized spacial score (nSPS) is 10.8.